The molecule has 0 saturated carbocycles. The first-order chi connectivity index (χ1) is 11.2. The Labute approximate surface area is 138 Å². The molecule has 2 aromatic carbocycles. The van der Waals surface area contributed by atoms with Crippen LogP contribution in [0.1, 0.15) is 12.0 Å². The first-order valence-corrected chi connectivity index (χ1v) is 8.23. The lowest BCUT2D eigenvalue weighted by molar-refractivity contribution is -0.120. The molecule has 0 spiro atoms. The Kier molecular flexibility index (Phi) is 5.02. The molecule has 0 bridgehead atoms. The van der Waals surface area contributed by atoms with E-state index in [4.69, 9.17) is 9.47 Å². The number of amides is 1. The maximum Gasteiger partial charge on any atom is 0.231 e. The highest BCUT2D eigenvalue weighted by molar-refractivity contribution is 7.99. The van der Waals surface area contributed by atoms with Gasteiger partial charge in [0.2, 0.25) is 12.7 Å². The van der Waals surface area contributed by atoms with E-state index in [1.807, 2.05) is 18.2 Å². The van der Waals surface area contributed by atoms with Crippen molar-refractivity contribution in [1.29, 1.82) is 0 Å². The van der Waals surface area contributed by atoms with Gasteiger partial charge in [-0.2, -0.15) is 0 Å². The number of ether oxygens (including phenoxy) is 2. The molecule has 0 unspecified atom stereocenters. The summed E-state index contributed by atoms with van der Waals surface area (Å²) in [4.78, 5) is 12.4. The third-order valence-electron chi connectivity index (χ3n) is 3.35. The maximum atomic E-state index is 13.4. The zero-order valence-corrected chi connectivity index (χ0v) is 13.2. The van der Waals surface area contributed by atoms with E-state index in [0.717, 1.165) is 11.3 Å². The molecule has 0 saturated heterocycles. The van der Waals surface area contributed by atoms with Gasteiger partial charge in [-0.1, -0.05) is 18.2 Å². The van der Waals surface area contributed by atoms with Gasteiger partial charge in [0.15, 0.2) is 11.5 Å². The van der Waals surface area contributed by atoms with Crippen molar-refractivity contribution in [3.63, 3.8) is 0 Å². The van der Waals surface area contributed by atoms with Crippen molar-refractivity contribution in [3.05, 3.63) is 53.8 Å². The predicted molar refractivity (Wildman–Crippen MR) is 86.2 cm³/mol. The molecule has 0 atom stereocenters. The lowest BCUT2D eigenvalue weighted by atomic mass is 10.2. The number of hydrogen-bond donors (Lipinski definition) is 1. The summed E-state index contributed by atoms with van der Waals surface area (Å²) in [6.07, 6.45) is 0.337. The Bertz CT molecular complexity index is 708. The molecule has 1 heterocycles. The van der Waals surface area contributed by atoms with Gasteiger partial charge in [0.05, 0.1) is 0 Å². The van der Waals surface area contributed by atoms with Gasteiger partial charge in [0, 0.05) is 23.6 Å². The van der Waals surface area contributed by atoms with Crippen LogP contribution in [0, 0.1) is 5.82 Å². The molecule has 6 heteroatoms. The number of carbonyl (C=O) groups is 1. The van der Waals surface area contributed by atoms with Crippen molar-refractivity contribution < 1.29 is 18.7 Å². The summed E-state index contributed by atoms with van der Waals surface area (Å²) in [6, 6.07) is 12.1. The normalized spacial score (nSPS) is 12.2. The Morgan fingerprint density at radius 3 is 2.87 bits per heavy atom. The fourth-order valence-electron chi connectivity index (χ4n) is 2.16. The van der Waals surface area contributed by atoms with Crippen molar-refractivity contribution in [2.75, 3.05) is 12.5 Å². The smallest absolute Gasteiger partial charge is 0.231 e. The van der Waals surface area contributed by atoms with Crippen LogP contribution in [-0.2, 0) is 11.3 Å². The minimum absolute atomic E-state index is 0.0634. The number of hydrogen-bond acceptors (Lipinski definition) is 4. The van der Waals surface area contributed by atoms with Crippen LogP contribution in [0.4, 0.5) is 4.39 Å². The van der Waals surface area contributed by atoms with Gasteiger partial charge in [0.25, 0.3) is 0 Å². The number of halogens is 1. The summed E-state index contributed by atoms with van der Waals surface area (Å²) in [6.45, 7) is 0.665. The number of rotatable bonds is 6. The van der Waals surface area contributed by atoms with Gasteiger partial charge < -0.3 is 14.8 Å². The second kappa shape index (κ2) is 7.37. The third-order valence-corrected chi connectivity index (χ3v) is 4.40. The fraction of sp³-hybridized carbons (Fsp3) is 0.235. The van der Waals surface area contributed by atoms with Crippen LogP contribution in [0.15, 0.2) is 47.4 Å². The van der Waals surface area contributed by atoms with Crippen molar-refractivity contribution >= 4 is 17.7 Å². The fourth-order valence-corrected chi connectivity index (χ4v) is 3.04. The van der Waals surface area contributed by atoms with Crippen LogP contribution in [0.3, 0.4) is 0 Å². The van der Waals surface area contributed by atoms with Gasteiger partial charge in [-0.15, -0.1) is 11.8 Å². The predicted octanol–water partition coefficient (Wildman–Crippen LogP) is 3.35. The van der Waals surface area contributed by atoms with E-state index in [9.17, 15) is 9.18 Å². The Morgan fingerprint density at radius 2 is 2.00 bits per heavy atom. The van der Waals surface area contributed by atoms with Gasteiger partial charge in [0.1, 0.15) is 5.82 Å². The van der Waals surface area contributed by atoms with E-state index in [2.05, 4.69) is 5.32 Å². The topological polar surface area (TPSA) is 47.6 Å². The molecule has 1 amide bonds. The number of fused-ring (bicyclic) bond motifs is 1. The van der Waals surface area contributed by atoms with Crippen LogP contribution in [0.25, 0.3) is 0 Å². The third kappa shape index (κ3) is 4.16. The molecule has 2 aromatic rings. The SMILES string of the molecule is O=C(CCSc1ccccc1F)NCc1ccc2c(c1)OCO2. The van der Waals surface area contributed by atoms with Crippen LogP contribution in [0.2, 0.25) is 0 Å². The van der Waals surface area contributed by atoms with Crippen molar-refractivity contribution in [2.45, 2.75) is 17.9 Å². The Morgan fingerprint density at radius 1 is 1.17 bits per heavy atom. The lowest BCUT2D eigenvalue weighted by Gasteiger charge is -2.06. The summed E-state index contributed by atoms with van der Waals surface area (Å²) in [7, 11) is 0. The van der Waals surface area contributed by atoms with Crippen molar-refractivity contribution in [1.82, 2.24) is 5.32 Å². The molecule has 0 aromatic heterocycles. The van der Waals surface area contributed by atoms with Crippen molar-refractivity contribution in [2.24, 2.45) is 0 Å². The molecule has 23 heavy (non-hydrogen) atoms. The molecule has 3 rings (SSSR count). The minimum atomic E-state index is -0.252. The van der Waals surface area contributed by atoms with Gasteiger partial charge >= 0.3 is 0 Å². The minimum Gasteiger partial charge on any atom is -0.454 e. The van der Waals surface area contributed by atoms with Crippen LogP contribution >= 0.6 is 11.8 Å². The van der Waals surface area contributed by atoms with Gasteiger partial charge in [-0.3, -0.25) is 4.79 Å². The van der Waals surface area contributed by atoms with Crippen LogP contribution in [0.5, 0.6) is 11.5 Å². The standard InChI is InChI=1S/C17H16FNO3S/c18-13-3-1-2-4-16(13)23-8-7-17(20)19-10-12-5-6-14-15(9-12)22-11-21-14/h1-6,9H,7-8,10-11H2,(H,19,20). The average molecular weight is 333 g/mol. The molecule has 0 radical (unpaired) electrons. The van der Waals surface area contributed by atoms with Crippen LogP contribution in [-0.4, -0.2) is 18.5 Å². The summed E-state index contributed by atoms with van der Waals surface area (Å²) < 4.78 is 24.0. The molecule has 0 aliphatic carbocycles. The summed E-state index contributed by atoms with van der Waals surface area (Å²) in [5.74, 6) is 1.64. The zero-order valence-electron chi connectivity index (χ0n) is 12.4. The van der Waals surface area contributed by atoms with E-state index >= 15 is 0 Å². The molecule has 1 aliphatic heterocycles. The second-order valence-electron chi connectivity index (χ2n) is 4.99. The highest BCUT2D eigenvalue weighted by atomic mass is 32.2. The Hall–Kier alpha value is -2.21. The summed E-state index contributed by atoms with van der Waals surface area (Å²) >= 11 is 1.34. The number of nitrogens with one attached hydrogen (secondary N) is 1. The van der Waals surface area contributed by atoms with E-state index in [1.54, 1.807) is 18.2 Å². The first-order valence-electron chi connectivity index (χ1n) is 7.25. The van der Waals surface area contributed by atoms with E-state index in [0.29, 0.717) is 29.4 Å². The van der Waals surface area contributed by atoms with Gasteiger partial charge in [-0.05, 0) is 29.8 Å². The monoisotopic (exact) mass is 333 g/mol. The van der Waals surface area contributed by atoms with Gasteiger partial charge in [-0.25, -0.2) is 4.39 Å². The zero-order chi connectivity index (χ0) is 16.1. The number of carbonyl (C=O) groups excluding carboxylic acids is 1. The molecule has 1 N–H and O–H groups in total. The molecule has 120 valence electrons. The highest BCUT2D eigenvalue weighted by Crippen LogP contribution is 2.32. The molecular weight excluding hydrogens is 317 g/mol. The van der Waals surface area contributed by atoms with E-state index in [1.165, 1.54) is 17.8 Å². The molecule has 1 aliphatic rings. The van der Waals surface area contributed by atoms with E-state index in [-0.39, 0.29) is 18.5 Å². The maximum absolute atomic E-state index is 13.4. The lowest BCUT2D eigenvalue weighted by Crippen LogP contribution is -2.22. The summed E-state index contributed by atoms with van der Waals surface area (Å²) in [5.41, 5.74) is 0.948. The molecule has 4 nitrogen and oxygen atoms in total. The number of benzene rings is 2. The van der Waals surface area contributed by atoms with Crippen molar-refractivity contribution in [3.8, 4) is 11.5 Å². The van der Waals surface area contributed by atoms with E-state index < -0.39 is 0 Å². The average Bonchev–Trinajstić information content (AvgIpc) is 3.02. The van der Waals surface area contributed by atoms with Crippen LogP contribution < -0.4 is 14.8 Å². The second-order valence-corrected chi connectivity index (χ2v) is 6.13. The first kappa shape index (κ1) is 15.7. The Balaban J connectivity index is 1.42. The number of thioether (sulfide) groups is 1. The molecular formula is C17H16FNO3S. The largest absolute Gasteiger partial charge is 0.454 e. The molecule has 0 fully saturated rings. The summed E-state index contributed by atoms with van der Waals surface area (Å²) in [5, 5.41) is 2.85. The highest BCUT2D eigenvalue weighted by Gasteiger charge is 2.13. The quantitative estimate of drug-likeness (QED) is 0.824.